The Labute approximate surface area is 95.1 Å². The molecule has 82 valence electrons. The van der Waals surface area contributed by atoms with Gasteiger partial charge in [0.1, 0.15) is 5.82 Å². The third-order valence-electron chi connectivity index (χ3n) is 2.09. The minimum absolute atomic E-state index is 0.348. The molecule has 0 amide bonds. The van der Waals surface area contributed by atoms with Crippen molar-refractivity contribution in [2.45, 2.75) is 19.4 Å². The van der Waals surface area contributed by atoms with Gasteiger partial charge in [-0.15, -0.1) is 12.3 Å². The second kappa shape index (κ2) is 6.61. The Bertz CT molecular complexity index is 427. The summed E-state index contributed by atoms with van der Waals surface area (Å²) < 4.78 is 13.0. The minimum atomic E-state index is -0.375. The van der Waals surface area contributed by atoms with E-state index < -0.39 is 0 Å². The lowest BCUT2D eigenvalue weighted by Gasteiger charge is -2.04. The second-order valence-electron chi connectivity index (χ2n) is 3.44. The Balaban J connectivity index is 2.45. The third kappa shape index (κ3) is 4.13. The van der Waals surface area contributed by atoms with Crippen LogP contribution >= 0.6 is 0 Å². The van der Waals surface area contributed by atoms with Crippen LogP contribution < -0.4 is 5.32 Å². The molecule has 1 aromatic rings. The maximum atomic E-state index is 13.0. The molecule has 0 heterocycles. The molecule has 0 aliphatic carbocycles. The molecule has 0 atom stereocenters. The van der Waals surface area contributed by atoms with Crippen molar-refractivity contribution in [3.05, 3.63) is 35.1 Å². The summed E-state index contributed by atoms with van der Waals surface area (Å²) in [6.45, 7) is 1.35. The van der Waals surface area contributed by atoms with Gasteiger partial charge < -0.3 is 5.32 Å². The molecule has 0 aromatic heterocycles. The van der Waals surface area contributed by atoms with E-state index in [1.54, 1.807) is 6.07 Å². The Morgan fingerprint density at radius 3 is 2.88 bits per heavy atom. The highest BCUT2D eigenvalue weighted by molar-refractivity contribution is 5.33. The van der Waals surface area contributed by atoms with Gasteiger partial charge in [-0.05, 0) is 36.7 Å². The normalized spacial score (nSPS) is 9.44. The van der Waals surface area contributed by atoms with Gasteiger partial charge in [0.2, 0.25) is 0 Å². The van der Waals surface area contributed by atoms with Crippen LogP contribution in [0.15, 0.2) is 18.2 Å². The Hall–Kier alpha value is -1.84. The number of hydrogen-bond donors (Lipinski definition) is 1. The molecule has 3 heteroatoms. The van der Waals surface area contributed by atoms with Crippen molar-refractivity contribution in [1.29, 1.82) is 5.26 Å². The van der Waals surface area contributed by atoms with Crippen LogP contribution in [0.5, 0.6) is 0 Å². The zero-order valence-electron chi connectivity index (χ0n) is 8.96. The van der Waals surface area contributed by atoms with Crippen LogP contribution in [0, 0.1) is 29.5 Å². The minimum Gasteiger partial charge on any atom is -0.313 e. The summed E-state index contributed by atoms with van der Waals surface area (Å²) in [6, 6.07) is 6.25. The lowest BCUT2D eigenvalue weighted by molar-refractivity contribution is 0.617. The van der Waals surface area contributed by atoms with Crippen LogP contribution in [-0.2, 0) is 6.54 Å². The number of hydrogen-bond acceptors (Lipinski definition) is 2. The zero-order valence-corrected chi connectivity index (χ0v) is 8.96. The second-order valence-corrected chi connectivity index (χ2v) is 3.44. The van der Waals surface area contributed by atoms with E-state index in [-0.39, 0.29) is 5.82 Å². The smallest absolute Gasteiger partial charge is 0.124 e. The summed E-state index contributed by atoms with van der Waals surface area (Å²) in [5, 5.41) is 11.8. The highest BCUT2D eigenvalue weighted by atomic mass is 19.1. The maximum Gasteiger partial charge on any atom is 0.124 e. The molecule has 0 aliphatic rings. The van der Waals surface area contributed by atoms with Crippen LogP contribution in [0.25, 0.3) is 0 Å². The van der Waals surface area contributed by atoms with Crippen molar-refractivity contribution in [3.63, 3.8) is 0 Å². The van der Waals surface area contributed by atoms with Gasteiger partial charge in [0.25, 0.3) is 0 Å². The predicted molar refractivity (Wildman–Crippen MR) is 60.9 cm³/mol. The first-order valence-electron chi connectivity index (χ1n) is 5.10. The van der Waals surface area contributed by atoms with E-state index in [1.807, 2.05) is 6.07 Å². The van der Waals surface area contributed by atoms with Crippen LogP contribution in [0.4, 0.5) is 4.39 Å². The summed E-state index contributed by atoms with van der Waals surface area (Å²) in [5.41, 5.74) is 1.12. The molecule has 16 heavy (non-hydrogen) atoms. The van der Waals surface area contributed by atoms with Gasteiger partial charge in [0, 0.05) is 13.0 Å². The molecule has 1 N–H and O–H groups in total. The summed E-state index contributed by atoms with van der Waals surface area (Å²) in [7, 11) is 0. The number of halogens is 1. The zero-order chi connectivity index (χ0) is 11.8. The number of nitrogens with zero attached hydrogens (tertiary/aromatic N) is 1. The molecule has 0 bridgehead atoms. The molecule has 1 aromatic carbocycles. The fourth-order valence-corrected chi connectivity index (χ4v) is 1.37. The van der Waals surface area contributed by atoms with Crippen LogP contribution in [0.3, 0.4) is 0 Å². The van der Waals surface area contributed by atoms with Gasteiger partial charge in [0.05, 0.1) is 11.6 Å². The summed E-state index contributed by atoms with van der Waals surface area (Å²) in [5.74, 6) is 2.18. The summed E-state index contributed by atoms with van der Waals surface area (Å²) in [4.78, 5) is 0. The largest absolute Gasteiger partial charge is 0.313 e. The van der Waals surface area contributed by atoms with Crippen LogP contribution in [-0.4, -0.2) is 6.54 Å². The number of unbranched alkanes of at least 4 members (excludes halogenated alkanes) is 1. The van der Waals surface area contributed by atoms with Crippen LogP contribution in [0.1, 0.15) is 24.0 Å². The molecule has 0 saturated heterocycles. The quantitative estimate of drug-likeness (QED) is 0.605. The molecule has 0 saturated carbocycles. The van der Waals surface area contributed by atoms with Gasteiger partial charge >= 0.3 is 0 Å². The SMILES string of the molecule is C#CCCCNCc1cc(F)cc(C#N)c1. The lowest BCUT2D eigenvalue weighted by atomic mass is 10.1. The van der Waals surface area contributed by atoms with Gasteiger partial charge in [-0.3, -0.25) is 0 Å². The molecule has 1 rings (SSSR count). The van der Waals surface area contributed by atoms with Crippen molar-refractivity contribution >= 4 is 0 Å². The molecule has 0 fully saturated rings. The first-order valence-corrected chi connectivity index (χ1v) is 5.10. The number of rotatable bonds is 5. The Morgan fingerprint density at radius 1 is 1.38 bits per heavy atom. The first-order chi connectivity index (χ1) is 7.76. The molecular weight excluding hydrogens is 203 g/mol. The number of benzene rings is 1. The van der Waals surface area contributed by atoms with E-state index in [9.17, 15) is 4.39 Å². The fourth-order valence-electron chi connectivity index (χ4n) is 1.37. The van der Waals surface area contributed by atoms with E-state index in [2.05, 4.69) is 11.2 Å². The van der Waals surface area contributed by atoms with Crippen molar-refractivity contribution in [2.24, 2.45) is 0 Å². The number of terminal acetylenes is 1. The first kappa shape index (κ1) is 12.2. The predicted octanol–water partition coefficient (Wildman–Crippen LogP) is 2.20. The highest BCUT2D eigenvalue weighted by Gasteiger charge is 1.99. The highest BCUT2D eigenvalue weighted by Crippen LogP contribution is 2.08. The van der Waals surface area contributed by atoms with Gasteiger partial charge in [-0.2, -0.15) is 5.26 Å². The van der Waals surface area contributed by atoms with E-state index in [0.717, 1.165) is 24.9 Å². The topological polar surface area (TPSA) is 35.8 Å². The Kier molecular flexibility index (Phi) is 5.05. The standard InChI is InChI=1S/C13H13FN2/c1-2-3-4-5-16-10-12-6-11(9-15)7-13(14)8-12/h1,6-8,16H,3-5,10H2. The molecule has 0 aliphatic heterocycles. The maximum absolute atomic E-state index is 13.0. The number of nitriles is 1. The summed E-state index contributed by atoms with van der Waals surface area (Å²) in [6.07, 6.45) is 6.75. The average molecular weight is 216 g/mol. The van der Waals surface area contributed by atoms with E-state index in [4.69, 9.17) is 11.7 Å². The van der Waals surface area contributed by atoms with Crippen molar-refractivity contribution in [2.75, 3.05) is 6.54 Å². The average Bonchev–Trinajstić information content (AvgIpc) is 2.28. The lowest BCUT2D eigenvalue weighted by Crippen LogP contribution is -2.14. The Morgan fingerprint density at radius 2 is 2.19 bits per heavy atom. The van der Waals surface area contributed by atoms with Gasteiger partial charge in [-0.25, -0.2) is 4.39 Å². The molecular formula is C13H13FN2. The van der Waals surface area contributed by atoms with Crippen molar-refractivity contribution < 1.29 is 4.39 Å². The number of nitrogens with one attached hydrogen (secondary N) is 1. The molecule has 0 spiro atoms. The summed E-state index contributed by atoms with van der Waals surface area (Å²) >= 11 is 0. The third-order valence-corrected chi connectivity index (χ3v) is 2.09. The molecule has 2 nitrogen and oxygen atoms in total. The van der Waals surface area contributed by atoms with Crippen molar-refractivity contribution in [3.8, 4) is 18.4 Å². The van der Waals surface area contributed by atoms with Crippen molar-refractivity contribution in [1.82, 2.24) is 5.32 Å². The monoisotopic (exact) mass is 216 g/mol. The molecule has 0 radical (unpaired) electrons. The van der Waals surface area contributed by atoms with E-state index in [0.29, 0.717) is 12.1 Å². The fraction of sp³-hybridized carbons (Fsp3) is 0.308. The molecule has 0 unspecified atom stereocenters. The van der Waals surface area contributed by atoms with Gasteiger partial charge in [0.15, 0.2) is 0 Å². The van der Waals surface area contributed by atoms with E-state index >= 15 is 0 Å². The van der Waals surface area contributed by atoms with Crippen LogP contribution in [0.2, 0.25) is 0 Å². The van der Waals surface area contributed by atoms with Gasteiger partial charge in [-0.1, -0.05) is 0 Å². The van der Waals surface area contributed by atoms with E-state index in [1.165, 1.54) is 12.1 Å².